The van der Waals surface area contributed by atoms with Crippen molar-refractivity contribution in [1.29, 1.82) is 0 Å². The van der Waals surface area contributed by atoms with Gasteiger partial charge >= 0.3 is 0 Å². The lowest BCUT2D eigenvalue weighted by Crippen LogP contribution is -2.12. The molecular weight excluding hydrogens is 293 g/mol. The van der Waals surface area contributed by atoms with Gasteiger partial charge in [0.25, 0.3) is 6.43 Å². The van der Waals surface area contributed by atoms with Crippen LogP contribution in [-0.2, 0) is 17.2 Å². The number of aromatic nitrogens is 2. The fraction of sp³-hybridized carbons (Fsp3) is 0.462. The molecule has 0 fully saturated rings. The van der Waals surface area contributed by atoms with E-state index in [2.05, 4.69) is 4.98 Å². The first-order chi connectivity index (χ1) is 9.52. The van der Waals surface area contributed by atoms with Crippen LogP contribution in [0.1, 0.15) is 11.4 Å². The van der Waals surface area contributed by atoms with Crippen molar-refractivity contribution in [1.82, 2.24) is 9.55 Å². The van der Waals surface area contributed by atoms with E-state index in [-0.39, 0.29) is 18.3 Å². The Morgan fingerprint density at radius 1 is 1.40 bits per heavy atom. The molecule has 2 rings (SSSR count). The summed E-state index contributed by atoms with van der Waals surface area (Å²) in [6.45, 7) is 1.52. The highest BCUT2D eigenvalue weighted by molar-refractivity contribution is 6.16. The van der Waals surface area contributed by atoms with E-state index in [1.54, 1.807) is 17.6 Å². The number of hydrogen-bond donors (Lipinski definition) is 0. The Bertz CT molecular complexity index is 601. The lowest BCUT2D eigenvalue weighted by Gasteiger charge is -2.09. The van der Waals surface area contributed by atoms with Gasteiger partial charge in [-0.2, -0.15) is 0 Å². The number of imidazole rings is 1. The van der Waals surface area contributed by atoms with Gasteiger partial charge in [0.1, 0.15) is 18.2 Å². The molecule has 0 aliphatic rings. The van der Waals surface area contributed by atoms with Crippen LogP contribution in [0.25, 0.3) is 11.0 Å². The van der Waals surface area contributed by atoms with Gasteiger partial charge in [-0.15, -0.1) is 11.6 Å². The van der Waals surface area contributed by atoms with E-state index in [0.29, 0.717) is 23.4 Å². The number of ether oxygens (including phenoxy) is 1. The van der Waals surface area contributed by atoms with E-state index in [1.807, 2.05) is 0 Å². The monoisotopic (exact) mass is 306 g/mol. The van der Waals surface area contributed by atoms with Gasteiger partial charge in [-0.05, 0) is 18.6 Å². The van der Waals surface area contributed by atoms with Crippen LogP contribution in [0.15, 0.2) is 12.1 Å². The molecule has 0 saturated carbocycles. The van der Waals surface area contributed by atoms with Crippen molar-refractivity contribution >= 4 is 22.6 Å². The van der Waals surface area contributed by atoms with Crippen molar-refractivity contribution < 1.29 is 17.9 Å². The fourth-order valence-electron chi connectivity index (χ4n) is 1.98. The molecule has 1 heterocycles. The number of rotatable bonds is 6. The molecule has 0 amide bonds. The van der Waals surface area contributed by atoms with E-state index in [4.69, 9.17) is 16.3 Å². The highest BCUT2D eigenvalue weighted by atomic mass is 35.5. The minimum atomic E-state index is -2.49. The van der Waals surface area contributed by atoms with Gasteiger partial charge in [0.05, 0.1) is 23.5 Å². The minimum Gasteiger partial charge on any atom is -0.374 e. The Balaban J connectivity index is 2.23. The number of fused-ring (bicyclic) bond motifs is 1. The maximum Gasteiger partial charge on any atom is 0.261 e. The van der Waals surface area contributed by atoms with E-state index < -0.39 is 13.0 Å². The SMILES string of the molecule is Cc1cc2c(cc1F)nc(CCl)n2CCOCC(F)F. The molecule has 0 atom stereocenters. The van der Waals surface area contributed by atoms with Gasteiger partial charge < -0.3 is 9.30 Å². The van der Waals surface area contributed by atoms with E-state index >= 15 is 0 Å². The third-order valence-electron chi connectivity index (χ3n) is 2.93. The summed E-state index contributed by atoms with van der Waals surface area (Å²) in [7, 11) is 0. The van der Waals surface area contributed by atoms with Gasteiger partial charge in [-0.3, -0.25) is 0 Å². The van der Waals surface area contributed by atoms with Crippen LogP contribution in [0.5, 0.6) is 0 Å². The Morgan fingerprint density at radius 2 is 2.15 bits per heavy atom. The average molecular weight is 307 g/mol. The van der Waals surface area contributed by atoms with Crippen LogP contribution in [0, 0.1) is 12.7 Å². The second-order valence-electron chi connectivity index (χ2n) is 4.37. The predicted molar refractivity (Wildman–Crippen MR) is 70.8 cm³/mol. The van der Waals surface area contributed by atoms with Crippen LogP contribution in [0.4, 0.5) is 13.2 Å². The van der Waals surface area contributed by atoms with Crippen LogP contribution in [0.2, 0.25) is 0 Å². The third-order valence-corrected chi connectivity index (χ3v) is 3.17. The summed E-state index contributed by atoms with van der Waals surface area (Å²) < 4.78 is 44.1. The standard InChI is InChI=1S/C13H14ClF3N2O/c1-8-4-11-10(5-9(8)15)18-13(6-14)19(11)2-3-20-7-12(16)17/h4-5,12H,2-3,6-7H2,1H3. The van der Waals surface area contributed by atoms with Gasteiger partial charge in [-0.1, -0.05) is 0 Å². The lowest BCUT2D eigenvalue weighted by atomic mass is 10.2. The molecular formula is C13H14ClF3N2O. The van der Waals surface area contributed by atoms with Gasteiger partial charge in [0.15, 0.2) is 0 Å². The summed E-state index contributed by atoms with van der Waals surface area (Å²) in [6, 6.07) is 3.01. The summed E-state index contributed by atoms with van der Waals surface area (Å²) in [6.07, 6.45) is -2.49. The number of alkyl halides is 3. The molecule has 0 aliphatic carbocycles. The second kappa shape index (κ2) is 6.45. The van der Waals surface area contributed by atoms with Crippen LogP contribution in [0.3, 0.4) is 0 Å². The molecule has 0 aliphatic heterocycles. The molecule has 0 radical (unpaired) electrons. The Morgan fingerprint density at radius 3 is 2.80 bits per heavy atom. The quantitative estimate of drug-likeness (QED) is 0.603. The topological polar surface area (TPSA) is 27.1 Å². The van der Waals surface area contributed by atoms with E-state index in [9.17, 15) is 13.2 Å². The zero-order chi connectivity index (χ0) is 14.7. The molecule has 1 aromatic carbocycles. The van der Waals surface area contributed by atoms with Crippen LogP contribution >= 0.6 is 11.6 Å². The summed E-state index contributed by atoms with van der Waals surface area (Å²) in [5, 5.41) is 0. The average Bonchev–Trinajstić information content (AvgIpc) is 2.72. The highest BCUT2D eigenvalue weighted by Gasteiger charge is 2.12. The molecule has 0 bridgehead atoms. The molecule has 0 N–H and O–H groups in total. The number of nitrogens with zero attached hydrogens (tertiary/aromatic N) is 2. The van der Waals surface area contributed by atoms with Crippen molar-refractivity contribution in [3.63, 3.8) is 0 Å². The zero-order valence-corrected chi connectivity index (χ0v) is 11.6. The highest BCUT2D eigenvalue weighted by Crippen LogP contribution is 2.21. The summed E-state index contributed by atoms with van der Waals surface area (Å²) in [4.78, 5) is 4.23. The molecule has 20 heavy (non-hydrogen) atoms. The minimum absolute atomic E-state index is 0.121. The Labute approximate surface area is 119 Å². The normalized spacial score (nSPS) is 11.7. The van der Waals surface area contributed by atoms with E-state index in [1.165, 1.54) is 6.07 Å². The second-order valence-corrected chi connectivity index (χ2v) is 4.64. The van der Waals surface area contributed by atoms with Gasteiger partial charge in [-0.25, -0.2) is 18.2 Å². The number of benzene rings is 1. The smallest absolute Gasteiger partial charge is 0.261 e. The molecule has 2 aromatic rings. The first-order valence-corrected chi connectivity index (χ1v) is 6.63. The first kappa shape index (κ1) is 15.1. The van der Waals surface area contributed by atoms with Crippen molar-refractivity contribution in [2.45, 2.75) is 25.8 Å². The van der Waals surface area contributed by atoms with Crippen molar-refractivity contribution in [3.8, 4) is 0 Å². The van der Waals surface area contributed by atoms with Crippen molar-refractivity contribution in [2.75, 3.05) is 13.2 Å². The van der Waals surface area contributed by atoms with Crippen LogP contribution in [-0.4, -0.2) is 29.2 Å². The summed E-state index contributed by atoms with van der Waals surface area (Å²) in [5.41, 5.74) is 1.71. The zero-order valence-electron chi connectivity index (χ0n) is 10.9. The Hall–Kier alpha value is -1.27. The summed E-state index contributed by atoms with van der Waals surface area (Å²) >= 11 is 5.81. The van der Waals surface area contributed by atoms with Gasteiger partial charge in [0.2, 0.25) is 0 Å². The first-order valence-electron chi connectivity index (χ1n) is 6.10. The number of hydrogen-bond acceptors (Lipinski definition) is 2. The van der Waals surface area contributed by atoms with E-state index in [0.717, 1.165) is 5.52 Å². The Kier molecular flexibility index (Phi) is 4.88. The molecule has 110 valence electrons. The molecule has 0 saturated heterocycles. The third kappa shape index (κ3) is 3.24. The molecule has 0 unspecified atom stereocenters. The fourth-order valence-corrected chi connectivity index (χ4v) is 2.18. The molecule has 1 aromatic heterocycles. The number of aryl methyl sites for hydroxylation is 1. The van der Waals surface area contributed by atoms with Crippen molar-refractivity contribution in [3.05, 3.63) is 29.3 Å². The maximum absolute atomic E-state index is 13.5. The van der Waals surface area contributed by atoms with Crippen LogP contribution < -0.4 is 0 Å². The van der Waals surface area contributed by atoms with Gasteiger partial charge in [0, 0.05) is 12.6 Å². The lowest BCUT2D eigenvalue weighted by molar-refractivity contribution is 0.0149. The maximum atomic E-state index is 13.5. The van der Waals surface area contributed by atoms with Crippen molar-refractivity contribution in [2.24, 2.45) is 0 Å². The number of halogens is 4. The molecule has 3 nitrogen and oxygen atoms in total. The summed E-state index contributed by atoms with van der Waals surface area (Å²) in [5.74, 6) is 0.383. The predicted octanol–water partition coefficient (Wildman–Crippen LogP) is 3.50. The molecule has 7 heteroatoms. The molecule has 0 spiro atoms. The largest absolute Gasteiger partial charge is 0.374 e.